The Labute approximate surface area is 183 Å². The number of carbonyl (C=O) groups is 1. The lowest BCUT2D eigenvalue weighted by molar-refractivity contribution is -0.135. The van der Waals surface area contributed by atoms with Crippen LogP contribution in [0.2, 0.25) is 0 Å². The van der Waals surface area contributed by atoms with Crippen LogP contribution in [0.25, 0.3) is 11.2 Å². The lowest BCUT2D eigenvalue weighted by Gasteiger charge is -2.33. The number of piperidine rings is 1. The molecule has 0 unspecified atom stereocenters. The number of hydrogen-bond donors (Lipinski definition) is 0. The molecular weight excluding hydrogens is 388 g/mol. The summed E-state index contributed by atoms with van der Waals surface area (Å²) in [6.45, 7) is 3.30. The van der Waals surface area contributed by atoms with Crippen molar-refractivity contribution in [3.8, 4) is 0 Å². The van der Waals surface area contributed by atoms with E-state index in [2.05, 4.69) is 31.6 Å². The van der Waals surface area contributed by atoms with Crippen molar-refractivity contribution in [1.29, 1.82) is 0 Å². The van der Waals surface area contributed by atoms with Crippen molar-refractivity contribution in [2.45, 2.75) is 51.6 Å². The summed E-state index contributed by atoms with van der Waals surface area (Å²) in [5, 5.41) is 0. The largest absolute Gasteiger partial charge is 0.355 e. The van der Waals surface area contributed by atoms with Crippen LogP contribution in [0.4, 0.5) is 5.82 Å². The molecule has 0 aliphatic carbocycles. The number of aromatic nitrogens is 4. The number of amides is 1. The summed E-state index contributed by atoms with van der Waals surface area (Å²) in [5.74, 6) is 2.38. The Morgan fingerprint density at radius 2 is 1.87 bits per heavy atom. The van der Waals surface area contributed by atoms with E-state index in [1.165, 1.54) is 24.8 Å². The Bertz CT molecular complexity index is 1050. The molecule has 0 saturated carbocycles. The maximum Gasteiger partial charge on any atom is 0.225 e. The van der Waals surface area contributed by atoms with E-state index in [9.17, 15) is 4.79 Å². The molecule has 5 rings (SSSR count). The van der Waals surface area contributed by atoms with Crippen LogP contribution in [0, 0.1) is 5.92 Å². The third kappa shape index (κ3) is 4.01. The van der Waals surface area contributed by atoms with Crippen LogP contribution >= 0.6 is 0 Å². The Balaban J connectivity index is 1.27. The number of carbonyl (C=O) groups excluding carboxylic acids is 1. The zero-order chi connectivity index (χ0) is 21.2. The third-order valence-electron chi connectivity index (χ3n) is 6.66. The Morgan fingerprint density at radius 3 is 2.68 bits per heavy atom. The van der Waals surface area contributed by atoms with Gasteiger partial charge in [-0.05, 0) is 31.2 Å². The summed E-state index contributed by atoms with van der Waals surface area (Å²) in [4.78, 5) is 31.2. The first kappa shape index (κ1) is 20.0. The van der Waals surface area contributed by atoms with Crippen molar-refractivity contribution in [1.82, 2.24) is 24.4 Å². The van der Waals surface area contributed by atoms with Crippen molar-refractivity contribution >= 4 is 22.9 Å². The number of hydrogen-bond acceptors (Lipinski definition) is 5. The fourth-order valence-electron chi connectivity index (χ4n) is 4.94. The van der Waals surface area contributed by atoms with Crippen molar-refractivity contribution in [3.05, 3.63) is 48.0 Å². The Hall–Kier alpha value is -2.96. The summed E-state index contributed by atoms with van der Waals surface area (Å²) >= 11 is 0. The van der Waals surface area contributed by atoms with Crippen LogP contribution in [0.1, 0.15) is 43.5 Å². The van der Waals surface area contributed by atoms with Gasteiger partial charge in [0.05, 0.1) is 0 Å². The molecule has 0 N–H and O–H groups in total. The fourth-order valence-corrected chi connectivity index (χ4v) is 4.94. The predicted octanol–water partition coefficient (Wildman–Crippen LogP) is 3.43. The highest BCUT2D eigenvalue weighted by Crippen LogP contribution is 2.29. The molecule has 1 amide bonds. The maximum absolute atomic E-state index is 13.0. The number of fused-ring (bicyclic) bond motifs is 3. The SMILES string of the molecule is CN(Cc1ccccc1)C(=O)C1CCN(c2ncnc3c2nc2n3CCCCC2)CC1. The molecular formula is C24H30N6O. The zero-order valence-electron chi connectivity index (χ0n) is 18.2. The van der Waals surface area contributed by atoms with Gasteiger partial charge in [0.25, 0.3) is 0 Å². The fraction of sp³-hybridized carbons (Fsp3) is 0.500. The quantitative estimate of drug-likeness (QED) is 0.649. The van der Waals surface area contributed by atoms with Gasteiger partial charge in [-0.2, -0.15) is 0 Å². The van der Waals surface area contributed by atoms with E-state index < -0.39 is 0 Å². The molecule has 0 bridgehead atoms. The molecule has 2 aliphatic heterocycles. The Morgan fingerprint density at radius 1 is 1.06 bits per heavy atom. The molecule has 0 radical (unpaired) electrons. The lowest BCUT2D eigenvalue weighted by atomic mass is 9.95. The molecule has 4 heterocycles. The summed E-state index contributed by atoms with van der Waals surface area (Å²) < 4.78 is 2.28. The van der Waals surface area contributed by atoms with Gasteiger partial charge >= 0.3 is 0 Å². The summed E-state index contributed by atoms with van der Waals surface area (Å²) in [5.41, 5.74) is 3.05. The van der Waals surface area contributed by atoms with E-state index >= 15 is 0 Å². The second kappa shape index (κ2) is 8.65. The van der Waals surface area contributed by atoms with Crippen molar-refractivity contribution in [2.24, 2.45) is 5.92 Å². The number of rotatable bonds is 4. The van der Waals surface area contributed by atoms with Gasteiger partial charge in [-0.1, -0.05) is 36.8 Å². The monoisotopic (exact) mass is 418 g/mol. The van der Waals surface area contributed by atoms with E-state index in [0.29, 0.717) is 6.54 Å². The molecule has 2 aliphatic rings. The van der Waals surface area contributed by atoms with Gasteiger partial charge < -0.3 is 14.4 Å². The van der Waals surface area contributed by atoms with Crippen LogP contribution < -0.4 is 4.90 Å². The number of anilines is 1. The molecule has 2 aromatic heterocycles. The van der Waals surface area contributed by atoms with Gasteiger partial charge in [-0.3, -0.25) is 4.79 Å². The first-order valence-electron chi connectivity index (χ1n) is 11.4. The summed E-state index contributed by atoms with van der Waals surface area (Å²) in [6, 6.07) is 10.2. The van der Waals surface area contributed by atoms with Crippen LogP contribution in [0.3, 0.4) is 0 Å². The minimum Gasteiger partial charge on any atom is -0.355 e. The van der Waals surface area contributed by atoms with E-state index in [1.54, 1.807) is 6.33 Å². The highest BCUT2D eigenvalue weighted by Gasteiger charge is 2.29. The molecule has 162 valence electrons. The van der Waals surface area contributed by atoms with Crippen LogP contribution in [0.15, 0.2) is 36.7 Å². The number of aryl methyl sites for hydroxylation is 2. The normalized spacial score (nSPS) is 17.4. The molecule has 1 aromatic carbocycles. The second-order valence-electron chi connectivity index (χ2n) is 8.80. The average molecular weight is 419 g/mol. The predicted molar refractivity (Wildman–Crippen MR) is 121 cm³/mol. The molecule has 3 aromatic rings. The highest BCUT2D eigenvalue weighted by molar-refractivity contribution is 5.84. The van der Waals surface area contributed by atoms with Crippen molar-refractivity contribution in [3.63, 3.8) is 0 Å². The minimum atomic E-state index is 0.0704. The highest BCUT2D eigenvalue weighted by atomic mass is 16.2. The van der Waals surface area contributed by atoms with Crippen molar-refractivity contribution in [2.75, 3.05) is 25.0 Å². The maximum atomic E-state index is 13.0. The van der Waals surface area contributed by atoms with E-state index in [-0.39, 0.29) is 11.8 Å². The summed E-state index contributed by atoms with van der Waals surface area (Å²) in [7, 11) is 1.91. The molecule has 1 fully saturated rings. The number of benzene rings is 1. The van der Waals surface area contributed by atoms with Crippen molar-refractivity contribution < 1.29 is 4.79 Å². The zero-order valence-corrected chi connectivity index (χ0v) is 18.2. The molecule has 1 saturated heterocycles. The van der Waals surface area contributed by atoms with Crippen LogP contribution in [0.5, 0.6) is 0 Å². The first-order chi connectivity index (χ1) is 15.2. The molecule has 0 spiro atoms. The molecule has 7 heteroatoms. The molecule has 7 nitrogen and oxygen atoms in total. The minimum absolute atomic E-state index is 0.0704. The van der Waals surface area contributed by atoms with Gasteiger partial charge in [0.15, 0.2) is 17.0 Å². The molecule has 31 heavy (non-hydrogen) atoms. The van der Waals surface area contributed by atoms with Crippen LogP contribution in [-0.2, 0) is 24.3 Å². The Kier molecular flexibility index (Phi) is 5.57. The van der Waals surface area contributed by atoms with E-state index in [4.69, 9.17) is 4.98 Å². The van der Waals surface area contributed by atoms with Gasteiger partial charge in [0, 0.05) is 45.6 Å². The topological polar surface area (TPSA) is 67.2 Å². The number of imidazole rings is 1. The van der Waals surface area contributed by atoms with E-state index in [1.807, 2.05) is 30.1 Å². The van der Waals surface area contributed by atoms with E-state index in [0.717, 1.165) is 61.7 Å². The third-order valence-corrected chi connectivity index (χ3v) is 6.66. The first-order valence-corrected chi connectivity index (χ1v) is 11.4. The average Bonchev–Trinajstić information content (AvgIpc) is 3.00. The van der Waals surface area contributed by atoms with Gasteiger partial charge in [0.1, 0.15) is 12.2 Å². The van der Waals surface area contributed by atoms with Gasteiger partial charge in [-0.25, -0.2) is 15.0 Å². The van der Waals surface area contributed by atoms with Gasteiger partial charge in [0.2, 0.25) is 5.91 Å². The second-order valence-corrected chi connectivity index (χ2v) is 8.80. The molecule has 0 atom stereocenters. The lowest BCUT2D eigenvalue weighted by Crippen LogP contribution is -2.41. The standard InChI is InChI=1S/C24H30N6O/c1-28(16-18-8-4-2-5-9-18)24(31)19-11-14-29(15-12-19)22-21-23(26-17-25-22)30-13-7-3-6-10-20(30)27-21/h2,4-5,8-9,17,19H,3,6-7,10-16H2,1H3. The summed E-state index contributed by atoms with van der Waals surface area (Å²) in [6.07, 6.45) is 8.00. The van der Waals surface area contributed by atoms with Crippen LogP contribution in [-0.4, -0.2) is 50.5 Å². The number of nitrogens with zero attached hydrogens (tertiary/aromatic N) is 6. The smallest absolute Gasteiger partial charge is 0.225 e. The van der Waals surface area contributed by atoms with Gasteiger partial charge in [-0.15, -0.1) is 0 Å².